The molecule has 0 saturated carbocycles. The molecule has 2 atom stereocenters. The highest BCUT2D eigenvalue weighted by molar-refractivity contribution is 6.05. The van der Waals surface area contributed by atoms with E-state index in [0.717, 1.165) is 51.3 Å². The van der Waals surface area contributed by atoms with Crippen LogP contribution in [0.1, 0.15) is 33.1 Å². The number of hydrogen-bond donors (Lipinski definition) is 0. The van der Waals surface area contributed by atoms with Gasteiger partial charge in [0.2, 0.25) is 0 Å². The lowest BCUT2D eigenvalue weighted by atomic mass is 10.1. The molecule has 0 aromatic carbocycles. The number of carbonyl (C=O) groups excluding carboxylic acids is 1. The van der Waals surface area contributed by atoms with Crippen LogP contribution in [-0.4, -0.2) is 71.3 Å². The summed E-state index contributed by atoms with van der Waals surface area (Å²) in [5, 5.41) is 0. The third kappa shape index (κ3) is 1.98. The molecule has 1 saturated heterocycles. The molecule has 0 radical (unpaired) electrons. The summed E-state index contributed by atoms with van der Waals surface area (Å²) in [5.41, 5.74) is 0. The quantitative estimate of drug-likeness (QED) is 0.779. The van der Waals surface area contributed by atoms with Gasteiger partial charge in [-0.05, 0) is 19.3 Å². The Morgan fingerprint density at radius 3 is 2.85 bits per heavy atom. The van der Waals surface area contributed by atoms with E-state index in [9.17, 15) is 4.79 Å². The van der Waals surface area contributed by atoms with Crippen molar-refractivity contribution in [3.05, 3.63) is 0 Å². The highest BCUT2D eigenvalue weighted by Crippen LogP contribution is 2.29. The van der Waals surface area contributed by atoms with Gasteiger partial charge in [0.1, 0.15) is 18.0 Å². The minimum absolute atomic E-state index is 0.00565. The smallest absolute Gasteiger partial charge is 0.327 e. The fourth-order valence-electron chi connectivity index (χ4n) is 3.29. The Morgan fingerprint density at radius 1 is 1.30 bits per heavy atom. The first-order valence-electron chi connectivity index (χ1n) is 7.69. The molecule has 0 aromatic heterocycles. The summed E-state index contributed by atoms with van der Waals surface area (Å²) in [6.07, 6.45) is 4.93. The van der Waals surface area contributed by atoms with E-state index in [2.05, 4.69) is 28.7 Å². The van der Waals surface area contributed by atoms with Gasteiger partial charge in [0.15, 0.2) is 0 Å². The molecule has 1 fully saturated rings. The monoisotopic (exact) mass is 277 g/mol. The van der Waals surface area contributed by atoms with Gasteiger partial charge in [0.25, 0.3) is 0 Å². The number of nitrogens with zero attached hydrogens (tertiary/aromatic N) is 5. The lowest BCUT2D eigenvalue weighted by Crippen LogP contribution is -2.67. The van der Waals surface area contributed by atoms with Gasteiger partial charge < -0.3 is 9.80 Å². The van der Waals surface area contributed by atoms with Gasteiger partial charge in [-0.15, -0.1) is 0 Å². The topological polar surface area (TPSA) is 51.5 Å². The van der Waals surface area contributed by atoms with Crippen molar-refractivity contribution >= 4 is 18.2 Å². The second-order valence-electron chi connectivity index (χ2n) is 5.58. The molecule has 20 heavy (non-hydrogen) atoms. The Hall–Kier alpha value is -1.59. The van der Waals surface area contributed by atoms with Crippen LogP contribution in [0.2, 0.25) is 0 Å². The van der Waals surface area contributed by atoms with Crippen LogP contribution in [0, 0.1) is 0 Å². The largest absolute Gasteiger partial charge is 0.340 e. The maximum absolute atomic E-state index is 12.7. The molecule has 0 bridgehead atoms. The molecule has 110 valence electrons. The van der Waals surface area contributed by atoms with Gasteiger partial charge in [-0.3, -0.25) is 14.9 Å². The van der Waals surface area contributed by atoms with E-state index in [1.54, 1.807) is 0 Å². The third-order valence-corrected chi connectivity index (χ3v) is 4.09. The summed E-state index contributed by atoms with van der Waals surface area (Å²) >= 11 is 0. The number of rotatable bonds is 4. The number of fused-ring (bicyclic) bond motifs is 3. The van der Waals surface area contributed by atoms with Crippen molar-refractivity contribution in [2.75, 3.05) is 26.2 Å². The Balaban J connectivity index is 1.93. The van der Waals surface area contributed by atoms with Crippen molar-refractivity contribution in [1.29, 1.82) is 0 Å². The van der Waals surface area contributed by atoms with E-state index in [4.69, 9.17) is 0 Å². The summed E-state index contributed by atoms with van der Waals surface area (Å²) in [7, 11) is 0. The molecule has 6 nitrogen and oxygen atoms in total. The molecule has 0 aromatic rings. The minimum Gasteiger partial charge on any atom is -0.340 e. The van der Waals surface area contributed by atoms with Crippen LogP contribution in [0.3, 0.4) is 0 Å². The molecule has 3 aliphatic heterocycles. The minimum atomic E-state index is 0.00565. The van der Waals surface area contributed by atoms with Crippen molar-refractivity contribution in [3.8, 4) is 0 Å². The first kappa shape index (κ1) is 13.4. The Labute approximate surface area is 120 Å². The molecule has 0 aliphatic carbocycles. The fourth-order valence-corrected chi connectivity index (χ4v) is 3.29. The van der Waals surface area contributed by atoms with Gasteiger partial charge >= 0.3 is 6.03 Å². The second kappa shape index (κ2) is 5.42. The van der Waals surface area contributed by atoms with Crippen molar-refractivity contribution < 1.29 is 4.79 Å². The van der Waals surface area contributed by atoms with Gasteiger partial charge in [-0.2, -0.15) is 0 Å². The average molecular weight is 277 g/mol. The predicted octanol–water partition coefficient (Wildman–Crippen LogP) is 1.38. The third-order valence-electron chi connectivity index (χ3n) is 4.09. The highest BCUT2D eigenvalue weighted by Gasteiger charge is 2.49. The van der Waals surface area contributed by atoms with Crippen molar-refractivity contribution in [3.63, 3.8) is 0 Å². The number of amides is 2. The molecular formula is C14H23N5O. The van der Waals surface area contributed by atoms with Crippen LogP contribution >= 0.6 is 0 Å². The Morgan fingerprint density at radius 2 is 2.10 bits per heavy atom. The zero-order chi connectivity index (χ0) is 14.1. The standard InChI is InChI=1S/C14H23N5O/c1-3-7-17-10-16-11-12-15-6-5-9-18(12)14(20)19(8-4-2)13(11)17/h10-11,13H,3-9H2,1-2H3. The summed E-state index contributed by atoms with van der Waals surface area (Å²) in [6, 6.07) is 0.115. The summed E-state index contributed by atoms with van der Waals surface area (Å²) in [6.45, 7) is 7.59. The number of aliphatic imine (C=N–C) groups is 2. The van der Waals surface area contributed by atoms with Crippen LogP contribution in [0.25, 0.3) is 0 Å². The van der Waals surface area contributed by atoms with Gasteiger partial charge in [0.05, 0.1) is 6.34 Å². The Bertz CT molecular complexity index is 447. The lowest BCUT2D eigenvalue weighted by molar-refractivity contribution is 0.0853. The molecule has 0 N–H and O–H groups in total. The van der Waals surface area contributed by atoms with E-state index in [-0.39, 0.29) is 18.2 Å². The van der Waals surface area contributed by atoms with E-state index >= 15 is 0 Å². The second-order valence-corrected chi connectivity index (χ2v) is 5.58. The van der Waals surface area contributed by atoms with Crippen molar-refractivity contribution in [2.24, 2.45) is 9.98 Å². The molecule has 3 heterocycles. The molecule has 3 aliphatic rings. The maximum atomic E-state index is 12.7. The maximum Gasteiger partial charge on any atom is 0.327 e. The van der Waals surface area contributed by atoms with Crippen molar-refractivity contribution in [1.82, 2.24) is 14.7 Å². The highest BCUT2D eigenvalue weighted by atomic mass is 16.2. The number of carbonyl (C=O) groups is 1. The summed E-state index contributed by atoms with van der Waals surface area (Å²) < 4.78 is 0. The summed E-state index contributed by atoms with van der Waals surface area (Å²) in [4.78, 5) is 28.0. The molecule has 0 spiro atoms. The van der Waals surface area contributed by atoms with Gasteiger partial charge in [0, 0.05) is 26.2 Å². The Kier molecular flexibility index (Phi) is 3.63. The van der Waals surface area contributed by atoms with Crippen LogP contribution < -0.4 is 0 Å². The first-order chi connectivity index (χ1) is 9.77. The van der Waals surface area contributed by atoms with E-state index in [0.29, 0.717) is 0 Å². The first-order valence-corrected chi connectivity index (χ1v) is 7.69. The molecule has 3 rings (SSSR count). The number of amidine groups is 1. The molecular weight excluding hydrogens is 254 g/mol. The van der Waals surface area contributed by atoms with Crippen LogP contribution in [-0.2, 0) is 0 Å². The number of urea groups is 1. The fraction of sp³-hybridized carbons (Fsp3) is 0.786. The van der Waals surface area contributed by atoms with E-state index < -0.39 is 0 Å². The predicted molar refractivity (Wildman–Crippen MR) is 79.1 cm³/mol. The normalized spacial score (nSPS) is 28.6. The summed E-state index contributed by atoms with van der Waals surface area (Å²) in [5.74, 6) is 0.883. The van der Waals surface area contributed by atoms with Crippen LogP contribution in [0.15, 0.2) is 9.98 Å². The SMILES string of the molecule is CCCN1C=NC2C3=NCCCN3C(=O)N(CCC)C21. The van der Waals surface area contributed by atoms with Crippen LogP contribution in [0.4, 0.5) is 4.79 Å². The number of hydrogen-bond acceptors (Lipinski definition) is 4. The zero-order valence-electron chi connectivity index (χ0n) is 12.3. The average Bonchev–Trinajstić information content (AvgIpc) is 2.88. The van der Waals surface area contributed by atoms with E-state index in [1.807, 2.05) is 16.1 Å². The van der Waals surface area contributed by atoms with E-state index in [1.165, 1.54) is 0 Å². The zero-order valence-corrected chi connectivity index (χ0v) is 12.3. The molecule has 6 heteroatoms. The lowest BCUT2D eigenvalue weighted by Gasteiger charge is -2.46. The van der Waals surface area contributed by atoms with Gasteiger partial charge in [-0.1, -0.05) is 13.8 Å². The van der Waals surface area contributed by atoms with Gasteiger partial charge in [-0.25, -0.2) is 4.79 Å². The molecule has 2 unspecified atom stereocenters. The van der Waals surface area contributed by atoms with Crippen LogP contribution in [0.5, 0.6) is 0 Å². The molecule has 2 amide bonds. The van der Waals surface area contributed by atoms with Crippen molar-refractivity contribution in [2.45, 2.75) is 45.3 Å².